The van der Waals surface area contributed by atoms with Gasteiger partial charge in [-0.1, -0.05) is 19.1 Å². The Hall–Kier alpha value is -0.995. The van der Waals surface area contributed by atoms with Gasteiger partial charge in [-0.05, 0) is 57.1 Å². The highest BCUT2D eigenvalue weighted by atomic mass is 16.7. The van der Waals surface area contributed by atoms with E-state index in [2.05, 4.69) is 46.8 Å². The minimum absolute atomic E-state index is 0.292. The molecule has 2 aliphatic rings. The van der Waals surface area contributed by atoms with Crippen LogP contribution in [0.1, 0.15) is 52.5 Å². The van der Waals surface area contributed by atoms with Crippen LogP contribution in [0.3, 0.4) is 0 Å². The molecule has 0 aliphatic carbocycles. The molecule has 1 aromatic rings. The number of hydrogen-bond donors (Lipinski definition) is 0. The van der Waals surface area contributed by atoms with E-state index in [0.717, 1.165) is 24.2 Å². The van der Waals surface area contributed by atoms with Gasteiger partial charge in [0.05, 0.1) is 17.8 Å². The molecule has 0 aromatic heterocycles. The quantitative estimate of drug-likeness (QED) is 0.737. The topological polar surface area (TPSA) is 27.7 Å². The molecule has 2 aliphatic heterocycles. The third kappa shape index (κ3) is 2.15. The molecule has 0 saturated carbocycles. The van der Waals surface area contributed by atoms with E-state index in [1.54, 1.807) is 0 Å². The van der Waals surface area contributed by atoms with Crippen LogP contribution in [0, 0.1) is 0 Å². The second-order valence-electron chi connectivity index (χ2n) is 6.92. The van der Waals surface area contributed by atoms with Gasteiger partial charge >= 0.3 is 7.12 Å². The van der Waals surface area contributed by atoms with Gasteiger partial charge in [-0.15, -0.1) is 0 Å². The lowest BCUT2D eigenvalue weighted by molar-refractivity contribution is 0.00578. The summed E-state index contributed by atoms with van der Waals surface area (Å²) in [5, 5.41) is 0. The zero-order chi connectivity index (χ0) is 14.5. The molecule has 0 N–H and O–H groups in total. The second kappa shape index (κ2) is 4.50. The Labute approximate surface area is 121 Å². The van der Waals surface area contributed by atoms with Gasteiger partial charge in [0.2, 0.25) is 0 Å². The van der Waals surface area contributed by atoms with E-state index >= 15 is 0 Å². The van der Waals surface area contributed by atoms with Crippen LogP contribution < -0.4 is 10.2 Å². The van der Waals surface area contributed by atoms with E-state index in [0.29, 0.717) is 5.92 Å². The summed E-state index contributed by atoms with van der Waals surface area (Å²) in [5.41, 5.74) is 1.76. The van der Waals surface area contributed by atoms with Crippen molar-refractivity contribution in [2.75, 3.05) is 6.61 Å². The molecule has 1 atom stereocenters. The molecule has 0 radical (unpaired) electrons. The highest BCUT2D eigenvalue weighted by Crippen LogP contribution is 2.37. The lowest BCUT2D eigenvalue weighted by atomic mass is 9.77. The zero-order valence-electron chi connectivity index (χ0n) is 13.0. The van der Waals surface area contributed by atoms with E-state index in [-0.39, 0.29) is 18.3 Å². The summed E-state index contributed by atoms with van der Waals surface area (Å²) in [4.78, 5) is 0. The zero-order valence-corrected chi connectivity index (χ0v) is 13.0. The molecule has 3 rings (SSSR count). The third-order valence-corrected chi connectivity index (χ3v) is 4.90. The molecule has 4 heteroatoms. The Bertz CT molecular complexity index is 508. The molecule has 20 heavy (non-hydrogen) atoms. The summed E-state index contributed by atoms with van der Waals surface area (Å²) in [7, 11) is -0.292. The minimum atomic E-state index is -0.296. The van der Waals surface area contributed by atoms with Crippen LogP contribution in [-0.2, 0) is 9.31 Å². The van der Waals surface area contributed by atoms with Crippen molar-refractivity contribution >= 4 is 12.6 Å². The SMILES string of the molecule is C[C@@H]1CCOc2ccc(B3OC(C)(C)C(C)(C)O3)cc21. The maximum Gasteiger partial charge on any atom is 0.494 e. The van der Waals surface area contributed by atoms with Gasteiger partial charge in [-0.25, -0.2) is 0 Å². The Kier molecular flexibility index (Phi) is 3.14. The van der Waals surface area contributed by atoms with E-state index in [9.17, 15) is 0 Å². The van der Waals surface area contributed by atoms with E-state index < -0.39 is 0 Å². The molecular formula is C16H23BO3. The fourth-order valence-corrected chi connectivity index (χ4v) is 2.71. The fraction of sp³-hybridized carbons (Fsp3) is 0.625. The van der Waals surface area contributed by atoms with Crippen molar-refractivity contribution in [2.45, 2.75) is 58.2 Å². The number of rotatable bonds is 1. The molecule has 1 fully saturated rings. The lowest BCUT2D eigenvalue weighted by Crippen LogP contribution is -2.41. The molecule has 0 unspecified atom stereocenters. The van der Waals surface area contributed by atoms with Crippen molar-refractivity contribution in [3.8, 4) is 5.75 Å². The van der Waals surface area contributed by atoms with Gasteiger partial charge in [0, 0.05) is 0 Å². The number of hydrogen-bond acceptors (Lipinski definition) is 3. The highest BCUT2D eigenvalue weighted by molar-refractivity contribution is 6.62. The van der Waals surface area contributed by atoms with Crippen molar-refractivity contribution in [3.05, 3.63) is 23.8 Å². The van der Waals surface area contributed by atoms with Crippen LogP contribution in [0.15, 0.2) is 18.2 Å². The lowest BCUT2D eigenvalue weighted by Gasteiger charge is -2.32. The normalized spacial score (nSPS) is 27.1. The Morgan fingerprint density at radius 2 is 1.75 bits per heavy atom. The Morgan fingerprint density at radius 1 is 1.10 bits per heavy atom. The molecule has 0 spiro atoms. The van der Waals surface area contributed by atoms with Crippen LogP contribution in [0.4, 0.5) is 0 Å². The first-order valence-electron chi connectivity index (χ1n) is 7.42. The van der Waals surface area contributed by atoms with Gasteiger partial charge in [-0.2, -0.15) is 0 Å². The summed E-state index contributed by atoms with van der Waals surface area (Å²) in [5.74, 6) is 1.53. The van der Waals surface area contributed by atoms with Crippen LogP contribution in [0.5, 0.6) is 5.75 Å². The molecule has 1 aromatic carbocycles. The molecule has 0 bridgehead atoms. The first-order chi connectivity index (χ1) is 9.30. The first-order valence-corrected chi connectivity index (χ1v) is 7.42. The number of benzene rings is 1. The minimum Gasteiger partial charge on any atom is -0.493 e. The van der Waals surface area contributed by atoms with Crippen LogP contribution in [0.25, 0.3) is 0 Å². The predicted molar refractivity (Wildman–Crippen MR) is 80.7 cm³/mol. The molecule has 108 valence electrons. The Balaban J connectivity index is 1.91. The highest BCUT2D eigenvalue weighted by Gasteiger charge is 2.51. The standard InChI is InChI=1S/C16H23BO3/c1-11-8-9-18-14-7-6-12(10-13(11)14)17-19-15(2,3)16(4,5)20-17/h6-7,10-11H,8-9H2,1-5H3/t11-/m1/s1. The summed E-state index contributed by atoms with van der Waals surface area (Å²) in [6.07, 6.45) is 1.07. The maximum absolute atomic E-state index is 6.11. The number of fused-ring (bicyclic) bond motifs is 1. The molecule has 2 heterocycles. The second-order valence-corrected chi connectivity index (χ2v) is 6.92. The van der Waals surface area contributed by atoms with Crippen molar-refractivity contribution in [2.24, 2.45) is 0 Å². The average molecular weight is 274 g/mol. The molecule has 3 nitrogen and oxygen atoms in total. The monoisotopic (exact) mass is 274 g/mol. The van der Waals surface area contributed by atoms with E-state index in [4.69, 9.17) is 14.0 Å². The van der Waals surface area contributed by atoms with Crippen molar-refractivity contribution < 1.29 is 14.0 Å². The van der Waals surface area contributed by atoms with Gasteiger partial charge in [-0.3, -0.25) is 0 Å². The maximum atomic E-state index is 6.11. The molecule has 1 saturated heterocycles. The largest absolute Gasteiger partial charge is 0.494 e. The number of ether oxygens (including phenoxy) is 1. The predicted octanol–water partition coefficient (Wildman–Crippen LogP) is 2.87. The van der Waals surface area contributed by atoms with Crippen LogP contribution in [0.2, 0.25) is 0 Å². The fourth-order valence-electron chi connectivity index (χ4n) is 2.71. The van der Waals surface area contributed by atoms with E-state index in [1.807, 2.05) is 6.07 Å². The van der Waals surface area contributed by atoms with Crippen molar-refractivity contribution in [1.82, 2.24) is 0 Å². The van der Waals surface area contributed by atoms with Crippen molar-refractivity contribution in [3.63, 3.8) is 0 Å². The van der Waals surface area contributed by atoms with Crippen LogP contribution in [-0.4, -0.2) is 24.9 Å². The van der Waals surface area contributed by atoms with Gasteiger partial charge in [0.15, 0.2) is 0 Å². The third-order valence-electron chi connectivity index (χ3n) is 4.90. The molecular weight excluding hydrogens is 251 g/mol. The average Bonchev–Trinajstić information content (AvgIpc) is 2.59. The Morgan fingerprint density at radius 3 is 2.40 bits per heavy atom. The summed E-state index contributed by atoms with van der Waals surface area (Å²) < 4.78 is 17.9. The van der Waals surface area contributed by atoms with Gasteiger partial charge < -0.3 is 14.0 Å². The summed E-state index contributed by atoms with van der Waals surface area (Å²) >= 11 is 0. The molecule has 0 amide bonds. The van der Waals surface area contributed by atoms with Crippen molar-refractivity contribution in [1.29, 1.82) is 0 Å². The first kappa shape index (κ1) is 14.0. The van der Waals surface area contributed by atoms with Gasteiger partial charge in [0.1, 0.15) is 5.75 Å². The van der Waals surface area contributed by atoms with Gasteiger partial charge in [0.25, 0.3) is 0 Å². The smallest absolute Gasteiger partial charge is 0.493 e. The summed E-state index contributed by atoms with van der Waals surface area (Å²) in [6, 6.07) is 6.28. The summed E-state index contributed by atoms with van der Waals surface area (Å²) in [6.45, 7) is 11.4. The van der Waals surface area contributed by atoms with Crippen LogP contribution >= 0.6 is 0 Å². The van der Waals surface area contributed by atoms with E-state index in [1.165, 1.54) is 5.56 Å².